The number of pyridine rings is 3. The molecule has 0 fully saturated rings. The topological polar surface area (TPSA) is 134 Å². The van der Waals surface area contributed by atoms with E-state index in [1.54, 1.807) is 36.9 Å². The number of aromatic amines is 2. The zero-order valence-corrected chi connectivity index (χ0v) is 22.8. The first kappa shape index (κ1) is 26.0. The molecule has 10 nitrogen and oxygen atoms in total. The lowest BCUT2D eigenvalue weighted by molar-refractivity contribution is -0.115. The summed E-state index contributed by atoms with van der Waals surface area (Å²) in [6.07, 6.45) is 6.88. The number of amides is 1. The second-order valence-electron chi connectivity index (χ2n) is 9.88. The lowest BCUT2D eigenvalue weighted by Gasteiger charge is -2.07. The molecule has 11 heteroatoms. The quantitative estimate of drug-likeness (QED) is 0.215. The highest BCUT2D eigenvalue weighted by Gasteiger charge is 2.18. The van der Waals surface area contributed by atoms with Gasteiger partial charge in [0.05, 0.1) is 54.0 Å². The van der Waals surface area contributed by atoms with Crippen LogP contribution in [0.15, 0.2) is 91.5 Å². The highest BCUT2D eigenvalue weighted by Crippen LogP contribution is 2.33. The Hall–Kier alpha value is -5.97. The smallest absolute Gasteiger partial charge is 0.228 e. The second-order valence-corrected chi connectivity index (χ2v) is 9.88. The minimum Gasteiger partial charge on any atom is -0.497 e. The van der Waals surface area contributed by atoms with Crippen molar-refractivity contribution in [2.75, 3.05) is 12.4 Å². The summed E-state index contributed by atoms with van der Waals surface area (Å²) in [5, 5.41) is 11.2. The summed E-state index contributed by atoms with van der Waals surface area (Å²) in [6.45, 7) is 0. The van der Waals surface area contributed by atoms with Gasteiger partial charge in [-0.2, -0.15) is 5.10 Å². The van der Waals surface area contributed by atoms with E-state index in [4.69, 9.17) is 9.72 Å². The van der Waals surface area contributed by atoms with Crippen LogP contribution in [-0.2, 0) is 11.2 Å². The molecular weight excluding hydrogens is 547 g/mol. The number of carbonyl (C=O) groups is 1. The summed E-state index contributed by atoms with van der Waals surface area (Å²) in [6, 6.07) is 19.5. The summed E-state index contributed by atoms with van der Waals surface area (Å²) < 4.78 is 19.5. The van der Waals surface area contributed by atoms with Crippen molar-refractivity contribution < 1.29 is 13.9 Å². The summed E-state index contributed by atoms with van der Waals surface area (Å²) in [5.74, 6) is 0.325. The molecule has 0 aliphatic carbocycles. The summed E-state index contributed by atoms with van der Waals surface area (Å²) in [7, 11) is 1.49. The molecule has 0 saturated carbocycles. The summed E-state index contributed by atoms with van der Waals surface area (Å²) in [5.41, 5.74) is 6.50. The first-order chi connectivity index (χ1) is 21.0. The maximum absolute atomic E-state index is 14.3. The number of hydrogen-bond acceptors (Lipinski definition) is 7. The Morgan fingerprint density at radius 2 is 1.81 bits per heavy atom. The zero-order valence-electron chi connectivity index (χ0n) is 22.8. The molecule has 0 saturated heterocycles. The average Bonchev–Trinajstić information content (AvgIpc) is 3.65. The minimum absolute atomic E-state index is 0.138. The Labute approximate surface area is 244 Å². The molecule has 2 aromatic carbocycles. The number of rotatable bonds is 7. The highest BCUT2D eigenvalue weighted by molar-refractivity contribution is 5.97. The molecule has 0 atom stereocenters. The van der Waals surface area contributed by atoms with Crippen LogP contribution in [0.2, 0.25) is 0 Å². The number of imidazole rings is 1. The Kier molecular flexibility index (Phi) is 6.51. The van der Waals surface area contributed by atoms with Crippen molar-refractivity contribution in [1.29, 1.82) is 0 Å². The van der Waals surface area contributed by atoms with Crippen molar-refractivity contribution in [3.05, 3.63) is 103 Å². The Morgan fingerprint density at radius 1 is 0.930 bits per heavy atom. The van der Waals surface area contributed by atoms with Gasteiger partial charge in [0.1, 0.15) is 22.8 Å². The van der Waals surface area contributed by atoms with E-state index in [1.165, 1.54) is 19.2 Å². The van der Waals surface area contributed by atoms with Crippen molar-refractivity contribution in [2.24, 2.45) is 0 Å². The van der Waals surface area contributed by atoms with Crippen LogP contribution in [0, 0.1) is 5.82 Å². The molecule has 0 radical (unpaired) electrons. The first-order valence-electron chi connectivity index (χ1n) is 13.4. The van der Waals surface area contributed by atoms with Gasteiger partial charge in [-0.05, 0) is 35.9 Å². The summed E-state index contributed by atoms with van der Waals surface area (Å²) in [4.78, 5) is 34.1. The predicted octanol–water partition coefficient (Wildman–Crippen LogP) is 5.95. The van der Waals surface area contributed by atoms with E-state index in [9.17, 15) is 9.18 Å². The van der Waals surface area contributed by atoms with E-state index < -0.39 is 5.82 Å². The fraction of sp³-hybridized carbons (Fsp3) is 0.0625. The molecule has 0 unspecified atom stereocenters. The van der Waals surface area contributed by atoms with Crippen LogP contribution in [0.5, 0.6) is 5.75 Å². The van der Waals surface area contributed by atoms with Gasteiger partial charge in [0.15, 0.2) is 5.82 Å². The van der Waals surface area contributed by atoms with Crippen LogP contribution in [-0.4, -0.2) is 48.1 Å². The summed E-state index contributed by atoms with van der Waals surface area (Å²) >= 11 is 0. The fourth-order valence-corrected chi connectivity index (χ4v) is 4.97. The highest BCUT2D eigenvalue weighted by atomic mass is 19.1. The van der Waals surface area contributed by atoms with Crippen molar-refractivity contribution >= 4 is 33.5 Å². The molecular formula is C32H23FN8O2. The molecule has 210 valence electrons. The van der Waals surface area contributed by atoms with Gasteiger partial charge in [-0.3, -0.25) is 24.8 Å². The van der Waals surface area contributed by atoms with Crippen molar-refractivity contribution in [2.45, 2.75) is 6.42 Å². The van der Waals surface area contributed by atoms with Gasteiger partial charge in [0.25, 0.3) is 0 Å². The SMILES string of the molecule is COc1cc(F)cc(-c2nccc3[nH]c(-c4n[nH]c5cnc(-c6cncc(NC(=O)Cc7ccccc7)c6)cc45)nc23)c1. The number of fused-ring (bicyclic) bond motifs is 2. The monoisotopic (exact) mass is 570 g/mol. The van der Waals surface area contributed by atoms with Crippen molar-refractivity contribution in [3.8, 4) is 39.8 Å². The number of aromatic nitrogens is 7. The number of ether oxygens (including phenoxy) is 1. The number of hydrogen-bond donors (Lipinski definition) is 3. The van der Waals surface area contributed by atoms with E-state index in [-0.39, 0.29) is 12.3 Å². The van der Waals surface area contributed by atoms with Gasteiger partial charge in [0, 0.05) is 35.0 Å². The van der Waals surface area contributed by atoms with Crippen LogP contribution in [0.25, 0.3) is 56.0 Å². The number of anilines is 1. The predicted molar refractivity (Wildman–Crippen MR) is 161 cm³/mol. The minimum atomic E-state index is -0.434. The van der Waals surface area contributed by atoms with Crippen LogP contribution in [0.4, 0.5) is 10.1 Å². The van der Waals surface area contributed by atoms with E-state index in [1.807, 2.05) is 42.5 Å². The van der Waals surface area contributed by atoms with E-state index in [2.05, 4.69) is 35.5 Å². The molecule has 5 aromatic heterocycles. The van der Waals surface area contributed by atoms with Gasteiger partial charge in [-0.15, -0.1) is 0 Å². The average molecular weight is 571 g/mol. The van der Waals surface area contributed by atoms with Gasteiger partial charge in [-0.1, -0.05) is 30.3 Å². The molecule has 7 rings (SSSR count). The van der Waals surface area contributed by atoms with Crippen LogP contribution in [0.3, 0.4) is 0 Å². The second kappa shape index (κ2) is 10.8. The molecule has 1 amide bonds. The molecule has 3 N–H and O–H groups in total. The number of benzene rings is 2. The molecule has 5 heterocycles. The lowest BCUT2D eigenvalue weighted by atomic mass is 10.1. The maximum Gasteiger partial charge on any atom is 0.228 e. The third-order valence-electron chi connectivity index (χ3n) is 6.98. The van der Waals surface area contributed by atoms with Gasteiger partial charge in [0.2, 0.25) is 5.91 Å². The number of nitrogens with zero attached hydrogens (tertiary/aromatic N) is 5. The van der Waals surface area contributed by atoms with Gasteiger partial charge in [-0.25, -0.2) is 9.37 Å². The van der Waals surface area contributed by atoms with E-state index in [0.29, 0.717) is 50.9 Å². The van der Waals surface area contributed by atoms with Crippen LogP contribution < -0.4 is 10.1 Å². The number of H-pyrrole nitrogens is 2. The Morgan fingerprint density at radius 3 is 2.67 bits per heavy atom. The van der Waals surface area contributed by atoms with Crippen molar-refractivity contribution in [3.63, 3.8) is 0 Å². The number of nitrogens with one attached hydrogen (secondary N) is 3. The number of halogens is 1. The van der Waals surface area contributed by atoms with Crippen LogP contribution >= 0.6 is 0 Å². The fourth-order valence-electron chi connectivity index (χ4n) is 4.97. The van der Waals surface area contributed by atoms with E-state index >= 15 is 0 Å². The molecule has 0 spiro atoms. The molecule has 7 aromatic rings. The Balaban J connectivity index is 1.22. The third-order valence-corrected chi connectivity index (χ3v) is 6.98. The lowest BCUT2D eigenvalue weighted by Crippen LogP contribution is -2.14. The molecule has 0 bridgehead atoms. The Bertz CT molecular complexity index is 2120. The van der Waals surface area contributed by atoms with Crippen molar-refractivity contribution in [1.82, 2.24) is 35.1 Å². The van der Waals surface area contributed by atoms with Crippen LogP contribution in [0.1, 0.15) is 5.56 Å². The zero-order chi connectivity index (χ0) is 29.3. The number of carbonyl (C=O) groups excluding carboxylic acids is 1. The van der Waals surface area contributed by atoms with E-state index in [0.717, 1.165) is 22.0 Å². The third kappa shape index (κ3) is 5.15. The molecule has 0 aliphatic rings. The molecule has 43 heavy (non-hydrogen) atoms. The van der Waals surface area contributed by atoms with Gasteiger partial charge >= 0.3 is 0 Å². The normalized spacial score (nSPS) is 11.2. The first-order valence-corrected chi connectivity index (χ1v) is 13.4. The largest absolute Gasteiger partial charge is 0.497 e. The standard InChI is InChI=1S/C32H23FN8O2/c1-43-23-12-19(10-21(33)13-23)29-31-25(7-8-35-29)38-32(39-31)30-24-14-26(36-17-27(24)40-41-30)20-11-22(16-34-15-20)37-28(42)9-18-5-3-2-4-6-18/h2-8,10-17H,9H2,1H3,(H,37,42)(H,38,39)(H,40,41). The number of methoxy groups -OCH3 is 1. The molecule has 0 aliphatic heterocycles. The maximum atomic E-state index is 14.3. The van der Waals surface area contributed by atoms with Gasteiger partial charge < -0.3 is 15.0 Å².